The van der Waals surface area contributed by atoms with E-state index in [4.69, 9.17) is 5.11 Å². The number of carboxylic acids is 1. The highest BCUT2D eigenvalue weighted by Gasteiger charge is 2.19. The Morgan fingerprint density at radius 1 is 1.37 bits per heavy atom. The molecule has 0 aliphatic heterocycles. The van der Waals surface area contributed by atoms with Crippen LogP contribution in [0.15, 0.2) is 17.5 Å². The number of likely N-dealkylation sites (N-methyl/N-ethyl adjacent to an activating group) is 1. The van der Waals surface area contributed by atoms with Crippen LogP contribution in [0.5, 0.6) is 0 Å². The summed E-state index contributed by atoms with van der Waals surface area (Å²) in [6, 6.07) is 4.19. The van der Waals surface area contributed by atoms with Gasteiger partial charge >= 0.3 is 5.97 Å². The van der Waals surface area contributed by atoms with E-state index in [1.807, 2.05) is 18.4 Å². The highest BCUT2D eigenvalue weighted by atomic mass is 32.1. The fourth-order valence-electron chi connectivity index (χ4n) is 1.91. The quantitative estimate of drug-likeness (QED) is 0.837. The van der Waals surface area contributed by atoms with E-state index in [2.05, 4.69) is 6.07 Å². The molecule has 1 amide bonds. The van der Waals surface area contributed by atoms with E-state index in [-0.39, 0.29) is 30.7 Å². The Balaban J connectivity index is 2.44. The summed E-state index contributed by atoms with van der Waals surface area (Å²) in [5.41, 5.74) is 0. The number of hydrogen-bond donors (Lipinski definition) is 1. The minimum Gasteiger partial charge on any atom is -0.481 e. The lowest BCUT2D eigenvalue weighted by Crippen LogP contribution is -2.37. The standard InChI is InChI=1S/C14H21NO3S/c1-10(8-14(17)18)7-13(16)15(3)11(2)9-12-5-4-6-19-12/h4-6,10-11H,7-9H2,1-3H3,(H,17,18). The van der Waals surface area contributed by atoms with Gasteiger partial charge in [-0.15, -0.1) is 11.3 Å². The molecule has 0 radical (unpaired) electrons. The molecule has 0 bridgehead atoms. The van der Waals surface area contributed by atoms with Gasteiger partial charge in [-0.2, -0.15) is 0 Å². The predicted molar refractivity (Wildman–Crippen MR) is 76.3 cm³/mol. The maximum atomic E-state index is 12.0. The fraction of sp³-hybridized carbons (Fsp3) is 0.571. The molecule has 0 saturated carbocycles. The van der Waals surface area contributed by atoms with Gasteiger partial charge in [0.1, 0.15) is 0 Å². The van der Waals surface area contributed by atoms with E-state index in [0.29, 0.717) is 0 Å². The van der Waals surface area contributed by atoms with Crippen molar-refractivity contribution in [2.24, 2.45) is 5.92 Å². The van der Waals surface area contributed by atoms with E-state index in [1.54, 1.807) is 30.2 Å². The van der Waals surface area contributed by atoms with E-state index in [9.17, 15) is 9.59 Å². The molecule has 2 unspecified atom stereocenters. The lowest BCUT2D eigenvalue weighted by Gasteiger charge is -2.25. The summed E-state index contributed by atoms with van der Waals surface area (Å²) in [6.45, 7) is 3.81. The monoisotopic (exact) mass is 283 g/mol. The van der Waals surface area contributed by atoms with Crippen LogP contribution in [0.2, 0.25) is 0 Å². The lowest BCUT2D eigenvalue weighted by molar-refractivity contribution is -0.138. The average Bonchev–Trinajstić information content (AvgIpc) is 2.79. The van der Waals surface area contributed by atoms with Crippen molar-refractivity contribution in [1.82, 2.24) is 4.90 Å². The number of hydrogen-bond acceptors (Lipinski definition) is 3. The molecule has 2 atom stereocenters. The van der Waals surface area contributed by atoms with E-state index < -0.39 is 5.97 Å². The van der Waals surface area contributed by atoms with Crippen molar-refractivity contribution >= 4 is 23.2 Å². The normalized spacial score (nSPS) is 13.8. The van der Waals surface area contributed by atoms with Crippen LogP contribution >= 0.6 is 11.3 Å². The van der Waals surface area contributed by atoms with Crippen molar-refractivity contribution in [2.45, 2.75) is 39.2 Å². The Kier molecular flexibility index (Phi) is 6.02. The Hall–Kier alpha value is -1.36. The predicted octanol–water partition coefficient (Wildman–Crippen LogP) is 2.64. The van der Waals surface area contributed by atoms with Gasteiger partial charge in [0.2, 0.25) is 5.91 Å². The van der Waals surface area contributed by atoms with E-state index >= 15 is 0 Å². The Bertz CT molecular complexity index is 416. The molecule has 1 N–H and O–H groups in total. The summed E-state index contributed by atoms with van der Waals surface area (Å²) in [6.07, 6.45) is 1.17. The van der Waals surface area contributed by atoms with Crippen molar-refractivity contribution in [3.05, 3.63) is 22.4 Å². The third kappa shape index (κ3) is 5.42. The largest absolute Gasteiger partial charge is 0.481 e. The number of rotatable bonds is 7. The second kappa shape index (κ2) is 7.28. The number of thiophene rings is 1. The highest BCUT2D eigenvalue weighted by Crippen LogP contribution is 2.16. The van der Waals surface area contributed by atoms with Gasteiger partial charge in [-0.25, -0.2) is 0 Å². The molecular formula is C14H21NO3S. The van der Waals surface area contributed by atoms with Crippen molar-refractivity contribution in [1.29, 1.82) is 0 Å². The number of carbonyl (C=O) groups is 2. The Morgan fingerprint density at radius 2 is 2.05 bits per heavy atom. The lowest BCUT2D eigenvalue weighted by atomic mass is 10.0. The minimum absolute atomic E-state index is 0.0119. The number of carbonyl (C=O) groups excluding carboxylic acids is 1. The molecule has 4 nitrogen and oxygen atoms in total. The summed E-state index contributed by atoms with van der Waals surface area (Å²) >= 11 is 1.69. The maximum Gasteiger partial charge on any atom is 0.303 e. The average molecular weight is 283 g/mol. The van der Waals surface area contributed by atoms with Crippen molar-refractivity contribution in [3.8, 4) is 0 Å². The topological polar surface area (TPSA) is 57.6 Å². The van der Waals surface area contributed by atoms with Gasteiger partial charge in [-0.3, -0.25) is 9.59 Å². The van der Waals surface area contributed by atoms with Gasteiger partial charge in [0, 0.05) is 37.2 Å². The van der Waals surface area contributed by atoms with E-state index in [1.165, 1.54) is 4.88 Å². The van der Waals surface area contributed by atoms with Crippen LogP contribution in [-0.4, -0.2) is 35.0 Å². The SMILES string of the molecule is CC(CC(=O)O)CC(=O)N(C)C(C)Cc1cccs1. The number of aliphatic carboxylic acids is 1. The van der Waals surface area contributed by atoms with Crippen LogP contribution in [0.3, 0.4) is 0 Å². The van der Waals surface area contributed by atoms with Crippen LogP contribution in [0.25, 0.3) is 0 Å². The number of nitrogens with zero attached hydrogens (tertiary/aromatic N) is 1. The molecule has 0 saturated heterocycles. The molecule has 106 valence electrons. The smallest absolute Gasteiger partial charge is 0.303 e. The first kappa shape index (κ1) is 15.7. The molecule has 5 heteroatoms. The van der Waals surface area contributed by atoms with Gasteiger partial charge in [0.25, 0.3) is 0 Å². The zero-order valence-electron chi connectivity index (χ0n) is 11.6. The summed E-state index contributed by atoms with van der Waals surface area (Å²) in [7, 11) is 1.79. The minimum atomic E-state index is -0.852. The van der Waals surface area contributed by atoms with Crippen LogP contribution in [-0.2, 0) is 16.0 Å². The van der Waals surface area contributed by atoms with Gasteiger partial charge in [-0.05, 0) is 24.3 Å². The molecule has 1 rings (SSSR count). The molecule has 0 spiro atoms. The molecule has 1 heterocycles. The summed E-state index contributed by atoms with van der Waals surface area (Å²) in [5.74, 6) is -0.964. The molecule has 19 heavy (non-hydrogen) atoms. The molecule has 1 aromatic heterocycles. The first-order valence-electron chi connectivity index (χ1n) is 6.40. The highest BCUT2D eigenvalue weighted by molar-refractivity contribution is 7.09. The molecule has 0 aromatic carbocycles. The first-order valence-corrected chi connectivity index (χ1v) is 7.28. The van der Waals surface area contributed by atoms with Gasteiger partial charge in [0.15, 0.2) is 0 Å². The van der Waals surface area contributed by atoms with Crippen molar-refractivity contribution in [3.63, 3.8) is 0 Å². The zero-order chi connectivity index (χ0) is 14.4. The molecular weight excluding hydrogens is 262 g/mol. The second-order valence-corrected chi connectivity index (χ2v) is 6.08. The summed E-state index contributed by atoms with van der Waals surface area (Å²) in [4.78, 5) is 25.6. The van der Waals surface area contributed by atoms with Crippen molar-refractivity contribution < 1.29 is 14.7 Å². The summed E-state index contributed by atoms with van der Waals surface area (Å²) < 4.78 is 0. The van der Waals surface area contributed by atoms with Gasteiger partial charge in [0.05, 0.1) is 0 Å². The second-order valence-electron chi connectivity index (χ2n) is 5.04. The van der Waals surface area contributed by atoms with Crippen LogP contribution in [0.1, 0.15) is 31.6 Å². The molecule has 0 aliphatic carbocycles. The van der Waals surface area contributed by atoms with Gasteiger partial charge < -0.3 is 10.0 Å². The van der Waals surface area contributed by atoms with Crippen LogP contribution in [0.4, 0.5) is 0 Å². The molecule has 0 fully saturated rings. The Labute approximate surface area is 118 Å². The Morgan fingerprint density at radius 3 is 2.58 bits per heavy atom. The third-order valence-electron chi connectivity index (χ3n) is 3.18. The van der Waals surface area contributed by atoms with Crippen LogP contribution < -0.4 is 0 Å². The number of carboxylic acid groups (broad SMARTS) is 1. The van der Waals surface area contributed by atoms with E-state index in [0.717, 1.165) is 6.42 Å². The number of amides is 1. The maximum absolute atomic E-state index is 12.0. The van der Waals surface area contributed by atoms with Crippen LogP contribution in [0, 0.1) is 5.92 Å². The van der Waals surface area contributed by atoms with Crippen molar-refractivity contribution in [2.75, 3.05) is 7.05 Å². The zero-order valence-corrected chi connectivity index (χ0v) is 12.4. The molecule has 1 aromatic rings. The fourth-order valence-corrected chi connectivity index (χ4v) is 2.74. The third-order valence-corrected chi connectivity index (χ3v) is 4.08. The first-order chi connectivity index (χ1) is 8.90. The van der Waals surface area contributed by atoms with Gasteiger partial charge in [-0.1, -0.05) is 13.0 Å². The summed E-state index contributed by atoms with van der Waals surface area (Å²) in [5, 5.41) is 10.7. The molecule has 0 aliphatic rings.